The van der Waals surface area contributed by atoms with Crippen LogP contribution in [-0.2, 0) is 4.79 Å². The molecule has 1 amide bonds. The predicted octanol–water partition coefficient (Wildman–Crippen LogP) is 2.25. The van der Waals surface area contributed by atoms with Crippen LogP contribution in [0.25, 0.3) is 0 Å². The van der Waals surface area contributed by atoms with Gasteiger partial charge in [-0.25, -0.2) is 0 Å². The molecule has 0 radical (unpaired) electrons. The number of amides is 1. The van der Waals surface area contributed by atoms with Gasteiger partial charge in [-0.15, -0.1) is 0 Å². The van der Waals surface area contributed by atoms with Gasteiger partial charge in [-0.3, -0.25) is 4.79 Å². The molecule has 0 aliphatic heterocycles. The largest absolute Gasteiger partial charge is 0.405 e. The van der Waals surface area contributed by atoms with Crippen LogP contribution in [0.5, 0.6) is 0 Å². The average molecular weight is 209 g/mol. The molecule has 0 spiro atoms. The molecule has 1 aliphatic rings. The van der Waals surface area contributed by atoms with Crippen molar-refractivity contribution in [3.05, 3.63) is 0 Å². The summed E-state index contributed by atoms with van der Waals surface area (Å²) in [6, 6.07) is 0. The van der Waals surface area contributed by atoms with Crippen molar-refractivity contribution >= 4 is 5.91 Å². The minimum atomic E-state index is -4.31. The Labute approximate surface area is 80.9 Å². The fourth-order valence-corrected chi connectivity index (χ4v) is 1.78. The molecule has 14 heavy (non-hydrogen) atoms. The third-order valence-corrected chi connectivity index (χ3v) is 2.70. The van der Waals surface area contributed by atoms with E-state index in [0.717, 1.165) is 12.8 Å². The van der Waals surface area contributed by atoms with Gasteiger partial charge in [0, 0.05) is 5.41 Å². The van der Waals surface area contributed by atoms with Crippen LogP contribution in [0.15, 0.2) is 0 Å². The maximum atomic E-state index is 11.8. The normalized spacial score (nSPS) is 20.9. The molecule has 0 atom stereocenters. The van der Waals surface area contributed by atoms with Crippen LogP contribution in [0.1, 0.15) is 32.6 Å². The predicted molar refractivity (Wildman–Crippen MR) is 45.6 cm³/mol. The minimum Gasteiger partial charge on any atom is -0.347 e. The Morgan fingerprint density at radius 2 is 1.86 bits per heavy atom. The molecule has 0 heterocycles. The zero-order valence-corrected chi connectivity index (χ0v) is 8.08. The highest BCUT2D eigenvalue weighted by Crippen LogP contribution is 2.37. The summed E-state index contributed by atoms with van der Waals surface area (Å²) in [5.74, 6) is -0.465. The molecule has 1 rings (SSSR count). The fraction of sp³-hybridized carbons (Fsp3) is 0.889. The highest BCUT2D eigenvalue weighted by Gasteiger charge is 2.38. The lowest BCUT2D eigenvalue weighted by Crippen LogP contribution is -2.41. The third kappa shape index (κ3) is 2.89. The molecule has 1 fully saturated rings. The average Bonchev–Trinajstić information content (AvgIpc) is 2.48. The van der Waals surface area contributed by atoms with E-state index in [1.807, 2.05) is 5.32 Å². The first-order valence-corrected chi connectivity index (χ1v) is 4.69. The second-order valence-corrected chi connectivity index (χ2v) is 4.07. The van der Waals surface area contributed by atoms with Crippen LogP contribution in [-0.4, -0.2) is 18.6 Å². The molecule has 82 valence electrons. The van der Waals surface area contributed by atoms with E-state index in [1.54, 1.807) is 6.92 Å². The highest BCUT2D eigenvalue weighted by atomic mass is 19.4. The molecule has 0 aromatic rings. The van der Waals surface area contributed by atoms with Gasteiger partial charge in [0.2, 0.25) is 5.91 Å². The molecule has 0 aromatic heterocycles. The van der Waals surface area contributed by atoms with Crippen molar-refractivity contribution in [2.24, 2.45) is 5.41 Å². The van der Waals surface area contributed by atoms with Gasteiger partial charge in [-0.2, -0.15) is 13.2 Å². The standard InChI is InChI=1S/C9H14F3NO/c1-8(4-2-3-5-8)7(14)13-6-9(10,11)12/h2-6H2,1H3,(H,13,14). The second-order valence-electron chi connectivity index (χ2n) is 4.07. The summed E-state index contributed by atoms with van der Waals surface area (Å²) >= 11 is 0. The van der Waals surface area contributed by atoms with Crippen LogP contribution >= 0.6 is 0 Å². The second kappa shape index (κ2) is 3.79. The Hall–Kier alpha value is -0.740. The highest BCUT2D eigenvalue weighted by molar-refractivity contribution is 5.82. The molecule has 1 N–H and O–H groups in total. The Morgan fingerprint density at radius 1 is 1.36 bits per heavy atom. The van der Waals surface area contributed by atoms with Crippen molar-refractivity contribution in [3.8, 4) is 0 Å². The Balaban J connectivity index is 2.42. The van der Waals surface area contributed by atoms with E-state index >= 15 is 0 Å². The number of hydrogen-bond acceptors (Lipinski definition) is 1. The van der Waals surface area contributed by atoms with E-state index < -0.39 is 24.0 Å². The van der Waals surface area contributed by atoms with E-state index in [2.05, 4.69) is 0 Å². The van der Waals surface area contributed by atoms with E-state index in [-0.39, 0.29) is 0 Å². The van der Waals surface area contributed by atoms with Crippen molar-refractivity contribution in [2.75, 3.05) is 6.54 Å². The first-order valence-electron chi connectivity index (χ1n) is 4.69. The summed E-state index contributed by atoms with van der Waals surface area (Å²) in [5.41, 5.74) is -0.578. The first-order chi connectivity index (χ1) is 6.33. The quantitative estimate of drug-likeness (QED) is 0.742. The summed E-state index contributed by atoms with van der Waals surface area (Å²) in [5, 5.41) is 1.94. The Morgan fingerprint density at radius 3 is 2.29 bits per heavy atom. The molecule has 0 aromatic carbocycles. The Bertz CT molecular complexity index is 219. The van der Waals surface area contributed by atoms with Crippen LogP contribution in [0.2, 0.25) is 0 Å². The van der Waals surface area contributed by atoms with Crippen LogP contribution in [0.3, 0.4) is 0 Å². The van der Waals surface area contributed by atoms with Gasteiger partial charge in [0.1, 0.15) is 6.54 Å². The molecular formula is C9H14F3NO. The number of carbonyl (C=O) groups is 1. The van der Waals surface area contributed by atoms with Gasteiger partial charge in [0.25, 0.3) is 0 Å². The molecule has 1 saturated carbocycles. The van der Waals surface area contributed by atoms with Gasteiger partial charge >= 0.3 is 6.18 Å². The summed E-state index contributed by atoms with van der Waals surface area (Å²) in [6.45, 7) is 0.507. The lowest BCUT2D eigenvalue weighted by Gasteiger charge is -2.22. The maximum absolute atomic E-state index is 11.8. The molecular weight excluding hydrogens is 195 g/mol. The zero-order chi connectivity index (χ0) is 10.8. The van der Waals surface area contributed by atoms with E-state index in [1.165, 1.54) is 0 Å². The number of alkyl halides is 3. The monoisotopic (exact) mass is 209 g/mol. The van der Waals surface area contributed by atoms with Gasteiger partial charge in [0.05, 0.1) is 0 Å². The number of carbonyl (C=O) groups excluding carboxylic acids is 1. The van der Waals surface area contributed by atoms with Crippen LogP contribution in [0, 0.1) is 5.41 Å². The van der Waals surface area contributed by atoms with Gasteiger partial charge in [-0.05, 0) is 12.8 Å². The lowest BCUT2D eigenvalue weighted by molar-refractivity contribution is -0.144. The van der Waals surface area contributed by atoms with Crippen molar-refractivity contribution in [1.82, 2.24) is 5.32 Å². The van der Waals surface area contributed by atoms with Crippen LogP contribution in [0.4, 0.5) is 13.2 Å². The molecule has 1 aliphatic carbocycles. The van der Waals surface area contributed by atoms with Crippen molar-refractivity contribution in [1.29, 1.82) is 0 Å². The lowest BCUT2D eigenvalue weighted by atomic mass is 9.88. The van der Waals surface area contributed by atoms with Gasteiger partial charge in [0.15, 0.2) is 0 Å². The molecule has 0 bridgehead atoms. The molecule has 0 saturated heterocycles. The smallest absolute Gasteiger partial charge is 0.347 e. The van der Waals surface area contributed by atoms with Crippen molar-refractivity contribution in [2.45, 2.75) is 38.8 Å². The SMILES string of the molecule is CC1(C(=O)NCC(F)(F)F)CCCC1. The number of halogens is 3. The zero-order valence-electron chi connectivity index (χ0n) is 8.08. The topological polar surface area (TPSA) is 29.1 Å². The Kier molecular flexibility index (Phi) is 3.07. The molecule has 0 unspecified atom stereocenters. The van der Waals surface area contributed by atoms with Gasteiger partial charge < -0.3 is 5.32 Å². The third-order valence-electron chi connectivity index (χ3n) is 2.70. The summed E-state index contributed by atoms with van der Waals surface area (Å²) < 4.78 is 35.4. The number of hydrogen-bond donors (Lipinski definition) is 1. The molecule has 5 heteroatoms. The number of rotatable bonds is 2. The van der Waals surface area contributed by atoms with Crippen molar-refractivity contribution < 1.29 is 18.0 Å². The summed E-state index contributed by atoms with van der Waals surface area (Å²) in [7, 11) is 0. The maximum Gasteiger partial charge on any atom is 0.405 e. The summed E-state index contributed by atoms with van der Waals surface area (Å²) in [6.07, 6.45) is -1.08. The number of nitrogens with one attached hydrogen (secondary N) is 1. The van der Waals surface area contributed by atoms with E-state index in [0.29, 0.717) is 12.8 Å². The molecule has 2 nitrogen and oxygen atoms in total. The van der Waals surface area contributed by atoms with Crippen molar-refractivity contribution in [3.63, 3.8) is 0 Å². The van der Waals surface area contributed by atoms with Gasteiger partial charge in [-0.1, -0.05) is 19.8 Å². The van der Waals surface area contributed by atoms with E-state index in [9.17, 15) is 18.0 Å². The summed E-state index contributed by atoms with van der Waals surface area (Å²) in [4.78, 5) is 11.4. The van der Waals surface area contributed by atoms with E-state index in [4.69, 9.17) is 0 Å². The van der Waals surface area contributed by atoms with Crippen LogP contribution < -0.4 is 5.32 Å². The first kappa shape index (κ1) is 11.3. The minimum absolute atomic E-state index is 0.465. The fourth-order valence-electron chi connectivity index (χ4n) is 1.78.